The van der Waals surface area contributed by atoms with Gasteiger partial charge in [-0.1, -0.05) is 58.8 Å². The molecule has 0 aromatic heterocycles. The zero-order chi connectivity index (χ0) is 15.5. The van der Waals surface area contributed by atoms with E-state index in [1.54, 1.807) is 0 Å². The zero-order valence-electron chi connectivity index (χ0n) is 14.3. The molecule has 3 heteroatoms. The smallest absolute Gasteiger partial charge is 0.220 e. The highest BCUT2D eigenvalue weighted by Crippen LogP contribution is 2.21. The van der Waals surface area contributed by atoms with Gasteiger partial charge in [0.1, 0.15) is 0 Å². The van der Waals surface area contributed by atoms with Gasteiger partial charge in [0.2, 0.25) is 5.91 Å². The van der Waals surface area contributed by atoms with Crippen LogP contribution in [0.2, 0.25) is 0 Å². The number of nitrogens with two attached hydrogens (primary N) is 1. The van der Waals surface area contributed by atoms with E-state index < -0.39 is 0 Å². The van der Waals surface area contributed by atoms with Crippen LogP contribution in [-0.4, -0.2) is 30.4 Å². The van der Waals surface area contributed by atoms with Gasteiger partial charge in [-0.25, -0.2) is 0 Å². The zero-order valence-corrected chi connectivity index (χ0v) is 14.3. The van der Waals surface area contributed by atoms with Crippen LogP contribution in [0, 0.1) is 11.8 Å². The Kier molecular flexibility index (Phi) is 9.73. The Labute approximate surface area is 131 Å². The van der Waals surface area contributed by atoms with E-state index in [1.165, 1.54) is 57.9 Å². The number of amides is 1. The third kappa shape index (κ3) is 7.85. The first-order valence-corrected chi connectivity index (χ1v) is 9.19. The largest absolute Gasteiger partial charge is 0.369 e. The number of primary amides is 1. The second-order valence-electron chi connectivity index (χ2n) is 6.78. The lowest BCUT2D eigenvalue weighted by Crippen LogP contribution is -2.39. The number of hydrogen-bond acceptors (Lipinski definition) is 2. The van der Waals surface area contributed by atoms with Gasteiger partial charge in [0.15, 0.2) is 0 Å². The molecule has 1 rings (SSSR count). The van der Waals surface area contributed by atoms with Crippen LogP contribution in [0.5, 0.6) is 0 Å². The molecule has 0 aromatic rings. The summed E-state index contributed by atoms with van der Waals surface area (Å²) in [5.74, 6) is 0.912. The highest BCUT2D eigenvalue weighted by atomic mass is 16.1. The van der Waals surface area contributed by atoms with E-state index in [1.807, 2.05) is 0 Å². The molecule has 1 unspecified atom stereocenters. The number of carbonyl (C=O) groups is 1. The Bertz CT molecular complexity index is 272. The first-order valence-electron chi connectivity index (χ1n) is 9.19. The van der Waals surface area contributed by atoms with Crippen molar-refractivity contribution in [1.82, 2.24) is 4.90 Å². The van der Waals surface area contributed by atoms with Gasteiger partial charge in [-0.3, -0.25) is 4.79 Å². The first-order chi connectivity index (χ1) is 10.2. The monoisotopic (exact) mass is 296 g/mol. The summed E-state index contributed by atoms with van der Waals surface area (Å²) < 4.78 is 0. The number of piperidine rings is 1. The SMILES string of the molecule is CCCCCCCC(CC)CCN1CCC(C(N)=O)CC1. The summed E-state index contributed by atoms with van der Waals surface area (Å²) in [6.45, 7) is 7.92. The van der Waals surface area contributed by atoms with Crippen molar-refractivity contribution in [2.45, 2.75) is 78.1 Å². The minimum atomic E-state index is -0.104. The predicted octanol–water partition coefficient (Wildman–Crippen LogP) is 3.96. The van der Waals surface area contributed by atoms with Gasteiger partial charge in [-0.2, -0.15) is 0 Å². The molecular weight excluding hydrogens is 260 g/mol. The number of hydrogen-bond donors (Lipinski definition) is 1. The highest BCUT2D eigenvalue weighted by Gasteiger charge is 2.23. The van der Waals surface area contributed by atoms with E-state index in [0.29, 0.717) is 0 Å². The van der Waals surface area contributed by atoms with Gasteiger partial charge in [0, 0.05) is 5.92 Å². The van der Waals surface area contributed by atoms with Crippen LogP contribution >= 0.6 is 0 Å². The van der Waals surface area contributed by atoms with Crippen LogP contribution in [0.1, 0.15) is 78.1 Å². The molecule has 0 bridgehead atoms. The molecule has 124 valence electrons. The van der Waals surface area contributed by atoms with Crippen LogP contribution in [0.4, 0.5) is 0 Å². The molecule has 1 amide bonds. The molecule has 21 heavy (non-hydrogen) atoms. The highest BCUT2D eigenvalue weighted by molar-refractivity contribution is 5.76. The summed E-state index contributed by atoms with van der Waals surface area (Å²) in [5.41, 5.74) is 5.39. The van der Waals surface area contributed by atoms with Gasteiger partial charge >= 0.3 is 0 Å². The summed E-state index contributed by atoms with van der Waals surface area (Å²) in [4.78, 5) is 13.7. The molecule has 1 heterocycles. The van der Waals surface area contributed by atoms with E-state index in [2.05, 4.69) is 18.7 Å². The van der Waals surface area contributed by atoms with Crippen LogP contribution < -0.4 is 5.73 Å². The third-order valence-corrected chi connectivity index (χ3v) is 5.14. The Morgan fingerprint density at radius 3 is 2.33 bits per heavy atom. The van der Waals surface area contributed by atoms with E-state index >= 15 is 0 Å². The summed E-state index contributed by atoms with van der Waals surface area (Å²) in [7, 11) is 0. The topological polar surface area (TPSA) is 46.3 Å². The van der Waals surface area contributed by atoms with Crippen molar-refractivity contribution in [2.75, 3.05) is 19.6 Å². The Hall–Kier alpha value is -0.570. The number of likely N-dealkylation sites (tertiary alicyclic amines) is 1. The summed E-state index contributed by atoms with van der Waals surface area (Å²) in [6.07, 6.45) is 12.9. The number of carbonyl (C=O) groups excluding carboxylic acids is 1. The lowest BCUT2D eigenvalue weighted by molar-refractivity contribution is -0.123. The molecule has 0 aromatic carbocycles. The summed E-state index contributed by atoms with van der Waals surface area (Å²) in [5, 5.41) is 0. The fourth-order valence-electron chi connectivity index (χ4n) is 3.40. The molecule has 1 fully saturated rings. The first kappa shape index (κ1) is 18.5. The molecule has 1 aliphatic rings. The number of nitrogens with zero attached hydrogens (tertiary/aromatic N) is 1. The van der Waals surface area contributed by atoms with Crippen molar-refractivity contribution >= 4 is 5.91 Å². The van der Waals surface area contributed by atoms with Gasteiger partial charge in [0.25, 0.3) is 0 Å². The average Bonchev–Trinajstić information content (AvgIpc) is 2.50. The number of rotatable bonds is 11. The summed E-state index contributed by atoms with van der Waals surface area (Å²) in [6, 6.07) is 0. The van der Waals surface area contributed by atoms with Gasteiger partial charge in [0.05, 0.1) is 0 Å². The summed E-state index contributed by atoms with van der Waals surface area (Å²) >= 11 is 0. The third-order valence-electron chi connectivity index (χ3n) is 5.14. The Morgan fingerprint density at radius 1 is 1.10 bits per heavy atom. The Morgan fingerprint density at radius 2 is 1.76 bits per heavy atom. The van der Waals surface area contributed by atoms with E-state index in [-0.39, 0.29) is 11.8 Å². The minimum absolute atomic E-state index is 0.104. The normalized spacial score (nSPS) is 18.8. The van der Waals surface area contributed by atoms with Crippen molar-refractivity contribution in [3.8, 4) is 0 Å². The fraction of sp³-hybridized carbons (Fsp3) is 0.944. The lowest BCUT2D eigenvalue weighted by Gasteiger charge is -2.31. The molecule has 0 saturated carbocycles. The lowest BCUT2D eigenvalue weighted by atomic mass is 9.93. The van der Waals surface area contributed by atoms with Gasteiger partial charge < -0.3 is 10.6 Å². The average molecular weight is 296 g/mol. The van der Waals surface area contributed by atoms with Crippen molar-refractivity contribution in [1.29, 1.82) is 0 Å². The van der Waals surface area contributed by atoms with Crippen molar-refractivity contribution in [2.24, 2.45) is 17.6 Å². The molecule has 1 saturated heterocycles. The van der Waals surface area contributed by atoms with Crippen LogP contribution in [0.25, 0.3) is 0 Å². The Balaban J connectivity index is 2.10. The maximum absolute atomic E-state index is 11.2. The molecule has 2 N–H and O–H groups in total. The van der Waals surface area contributed by atoms with Crippen molar-refractivity contribution in [3.63, 3.8) is 0 Å². The van der Waals surface area contributed by atoms with Crippen LogP contribution in [-0.2, 0) is 4.79 Å². The second-order valence-corrected chi connectivity index (χ2v) is 6.78. The molecule has 0 radical (unpaired) electrons. The quantitative estimate of drug-likeness (QED) is 0.587. The maximum atomic E-state index is 11.2. The van der Waals surface area contributed by atoms with E-state index in [9.17, 15) is 4.79 Å². The van der Waals surface area contributed by atoms with E-state index in [0.717, 1.165) is 31.8 Å². The second kappa shape index (κ2) is 11.1. The molecule has 1 atom stereocenters. The van der Waals surface area contributed by atoms with Gasteiger partial charge in [-0.05, 0) is 44.8 Å². The molecule has 0 spiro atoms. The molecule has 1 aliphatic heterocycles. The van der Waals surface area contributed by atoms with E-state index in [4.69, 9.17) is 5.73 Å². The van der Waals surface area contributed by atoms with Crippen LogP contribution in [0.3, 0.4) is 0 Å². The minimum Gasteiger partial charge on any atom is -0.369 e. The van der Waals surface area contributed by atoms with Crippen molar-refractivity contribution in [3.05, 3.63) is 0 Å². The molecular formula is C18H36N2O. The predicted molar refractivity (Wildman–Crippen MR) is 90.1 cm³/mol. The van der Waals surface area contributed by atoms with Gasteiger partial charge in [-0.15, -0.1) is 0 Å². The number of unbranched alkanes of at least 4 members (excludes halogenated alkanes) is 4. The fourth-order valence-corrected chi connectivity index (χ4v) is 3.40. The standard InChI is InChI=1S/C18H36N2O/c1-3-5-6-7-8-9-16(4-2)10-13-20-14-11-17(12-15-20)18(19)21/h16-17H,3-15H2,1-2H3,(H2,19,21). The molecule has 0 aliphatic carbocycles. The van der Waals surface area contributed by atoms with Crippen molar-refractivity contribution < 1.29 is 4.79 Å². The maximum Gasteiger partial charge on any atom is 0.220 e. The van der Waals surface area contributed by atoms with Crippen LogP contribution in [0.15, 0.2) is 0 Å². The molecule has 3 nitrogen and oxygen atoms in total.